The standard InChI is InChI=1S/C13H18N4/c1-17-6-4-11(5-7-17)9-15-13-3-2-12(8-14)16-10-13/h2-3,10-11,15H,4-7,9H2,1H3. The van der Waals surface area contributed by atoms with E-state index in [1.54, 1.807) is 12.3 Å². The molecule has 0 bridgehead atoms. The van der Waals surface area contributed by atoms with Gasteiger partial charge in [0.2, 0.25) is 0 Å². The lowest BCUT2D eigenvalue weighted by Crippen LogP contribution is -2.32. The van der Waals surface area contributed by atoms with Crippen LogP contribution >= 0.6 is 0 Å². The average molecular weight is 230 g/mol. The van der Waals surface area contributed by atoms with E-state index in [-0.39, 0.29) is 0 Å². The van der Waals surface area contributed by atoms with E-state index < -0.39 is 0 Å². The van der Waals surface area contributed by atoms with Crippen molar-refractivity contribution in [1.82, 2.24) is 9.88 Å². The first-order valence-electron chi connectivity index (χ1n) is 6.06. The molecular formula is C13H18N4. The largest absolute Gasteiger partial charge is 0.384 e. The number of pyridine rings is 1. The highest BCUT2D eigenvalue weighted by Crippen LogP contribution is 2.16. The molecule has 2 rings (SSSR count). The average Bonchev–Trinajstić information content (AvgIpc) is 2.39. The van der Waals surface area contributed by atoms with Crippen molar-refractivity contribution in [2.24, 2.45) is 5.92 Å². The zero-order chi connectivity index (χ0) is 12.1. The molecule has 0 saturated carbocycles. The molecule has 4 heteroatoms. The number of aromatic nitrogens is 1. The summed E-state index contributed by atoms with van der Waals surface area (Å²) < 4.78 is 0. The van der Waals surface area contributed by atoms with Crippen molar-refractivity contribution in [2.45, 2.75) is 12.8 Å². The normalized spacial score (nSPS) is 17.6. The van der Waals surface area contributed by atoms with Gasteiger partial charge in [0.1, 0.15) is 11.8 Å². The summed E-state index contributed by atoms with van der Waals surface area (Å²) in [6.45, 7) is 3.39. The molecule has 90 valence electrons. The lowest BCUT2D eigenvalue weighted by molar-refractivity contribution is 0.226. The summed E-state index contributed by atoms with van der Waals surface area (Å²) >= 11 is 0. The molecule has 1 N–H and O–H groups in total. The number of nitrogens with one attached hydrogen (secondary N) is 1. The lowest BCUT2D eigenvalue weighted by Gasteiger charge is -2.29. The highest BCUT2D eigenvalue weighted by Gasteiger charge is 2.15. The third-order valence-corrected chi connectivity index (χ3v) is 3.31. The third kappa shape index (κ3) is 3.43. The molecule has 0 aromatic carbocycles. The van der Waals surface area contributed by atoms with Crippen molar-refractivity contribution in [2.75, 3.05) is 32.0 Å². The minimum Gasteiger partial charge on any atom is -0.384 e. The quantitative estimate of drug-likeness (QED) is 0.858. The first kappa shape index (κ1) is 11.9. The van der Waals surface area contributed by atoms with E-state index >= 15 is 0 Å². The van der Waals surface area contributed by atoms with Crippen LogP contribution in [0.25, 0.3) is 0 Å². The molecule has 0 spiro atoms. The molecule has 1 fully saturated rings. The van der Waals surface area contributed by atoms with Crippen molar-refractivity contribution in [1.29, 1.82) is 5.26 Å². The predicted molar refractivity (Wildman–Crippen MR) is 67.7 cm³/mol. The molecule has 1 aliphatic heterocycles. The monoisotopic (exact) mass is 230 g/mol. The summed E-state index contributed by atoms with van der Waals surface area (Å²) in [5, 5.41) is 12.0. The maximum atomic E-state index is 8.65. The minimum absolute atomic E-state index is 0.467. The van der Waals surface area contributed by atoms with Crippen LogP contribution in [0.3, 0.4) is 0 Å². The molecule has 0 aliphatic carbocycles. The van der Waals surface area contributed by atoms with Crippen molar-refractivity contribution < 1.29 is 0 Å². The minimum atomic E-state index is 0.467. The summed E-state index contributed by atoms with van der Waals surface area (Å²) in [4.78, 5) is 6.42. The molecule has 2 heterocycles. The second kappa shape index (κ2) is 5.65. The zero-order valence-corrected chi connectivity index (χ0v) is 10.2. The fourth-order valence-electron chi connectivity index (χ4n) is 2.09. The Hall–Kier alpha value is -1.60. The van der Waals surface area contributed by atoms with Gasteiger partial charge in [-0.25, -0.2) is 4.98 Å². The Kier molecular flexibility index (Phi) is 3.94. The van der Waals surface area contributed by atoms with Gasteiger partial charge in [-0.3, -0.25) is 0 Å². The van der Waals surface area contributed by atoms with Crippen molar-refractivity contribution in [3.8, 4) is 6.07 Å². The van der Waals surface area contributed by atoms with Crippen LogP contribution in [0.1, 0.15) is 18.5 Å². The Morgan fingerprint density at radius 1 is 1.47 bits per heavy atom. The number of rotatable bonds is 3. The molecule has 0 amide bonds. The molecule has 1 saturated heterocycles. The molecule has 4 nitrogen and oxygen atoms in total. The lowest BCUT2D eigenvalue weighted by atomic mass is 9.97. The van der Waals surface area contributed by atoms with Crippen LogP contribution in [0.2, 0.25) is 0 Å². The van der Waals surface area contributed by atoms with Crippen molar-refractivity contribution in [3.05, 3.63) is 24.0 Å². The van der Waals surface area contributed by atoms with Gasteiger partial charge in [-0.1, -0.05) is 0 Å². The third-order valence-electron chi connectivity index (χ3n) is 3.31. The van der Waals surface area contributed by atoms with E-state index in [1.165, 1.54) is 25.9 Å². The van der Waals surface area contributed by atoms with Crippen LogP contribution in [0, 0.1) is 17.2 Å². The number of anilines is 1. The topological polar surface area (TPSA) is 52.0 Å². The van der Waals surface area contributed by atoms with Crippen LogP contribution in [-0.2, 0) is 0 Å². The summed E-state index contributed by atoms with van der Waals surface area (Å²) in [5.41, 5.74) is 1.47. The zero-order valence-electron chi connectivity index (χ0n) is 10.2. The number of nitrogens with zero attached hydrogens (tertiary/aromatic N) is 3. The Morgan fingerprint density at radius 2 is 2.24 bits per heavy atom. The molecule has 1 aromatic heterocycles. The van der Waals surface area contributed by atoms with Gasteiger partial charge >= 0.3 is 0 Å². The van der Waals surface area contributed by atoms with E-state index in [1.807, 2.05) is 12.1 Å². The van der Waals surface area contributed by atoms with Gasteiger partial charge in [-0.2, -0.15) is 5.26 Å². The number of hydrogen-bond acceptors (Lipinski definition) is 4. The van der Waals surface area contributed by atoms with Gasteiger partial charge in [0.25, 0.3) is 0 Å². The van der Waals surface area contributed by atoms with Gasteiger partial charge in [0.15, 0.2) is 0 Å². The SMILES string of the molecule is CN1CCC(CNc2ccc(C#N)nc2)CC1. The summed E-state index contributed by atoms with van der Waals surface area (Å²) in [6.07, 6.45) is 4.24. The number of likely N-dealkylation sites (tertiary alicyclic amines) is 1. The second-order valence-electron chi connectivity index (χ2n) is 4.67. The smallest absolute Gasteiger partial charge is 0.140 e. The maximum Gasteiger partial charge on any atom is 0.140 e. The number of hydrogen-bond donors (Lipinski definition) is 1. The van der Waals surface area contributed by atoms with E-state index in [4.69, 9.17) is 5.26 Å². The Morgan fingerprint density at radius 3 is 2.82 bits per heavy atom. The van der Waals surface area contributed by atoms with Gasteiger partial charge in [0.05, 0.1) is 11.9 Å². The first-order chi connectivity index (χ1) is 8.28. The van der Waals surface area contributed by atoms with Gasteiger partial charge in [0, 0.05) is 6.54 Å². The predicted octanol–water partition coefficient (Wildman–Crippen LogP) is 1.71. The second-order valence-corrected chi connectivity index (χ2v) is 4.67. The summed E-state index contributed by atoms with van der Waals surface area (Å²) in [7, 11) is 2.17. The molecule has 0 atom stereocenters. The van der Waals surface area contributed by atoms with E-state index in [9.17, 15) is 0 Å². The van der Waals surface area contributed by atoms with Crippen LogP contribution < -0.4 is 5.32 Å². The molecule has 1 aliphatic rings. The van der Waals surface area contributed by atoms with Crippen molar-refractivity contribution in [3.63, 3.8) is 0 Å². The fourth-order valence-corrected chi connectivity index (χ4v) is 2.09. The summed E-state index contributed by atoms with van der Waals surface area (Å²) in [6, 6.07) is 5.68. The maximum absolute atomic E-state index is 8.65. The summed E-state index contributed by atoms with van der Waals surface area (Å²) in [5.74, 6) is 0.752. The van der Waals surface area contributed by atoms with Crippen molar-refractivity contribution >= 4 is 5.69 Å². The number of piperidine rings is 1. The molecule has 0 radical (unpaired) electrons. The van der Waals surface area contributed by atoms with Crippen LogP contribution in [0.5, 0.6) is 0 Å². The van der Waals surface area contributed by atoms with Crippen LogP contribution in [0.4, 0.5) is 5.69 Å². The highest BCUT2D eigenvalue weighted by molar-refractivity contribution is 5.42. The van der Waals surface area contributed by atoms with E-state index in [0.717, 1.165) is 18.2 Å². The van der Waals surface area contributed by atoms with Crippen LogP contribution in [0.15, 0.2) is 18.3 Å². The highest BCUT2D eigenvalue weighted by atomic mass is 15.1. The molecule has 17 heavy (non-hydrogen) atoms. The van der Waals surface area contributed by atoms with Gasteiger partial charge in [-0.15, -0.1) is 0 Å². The fraction of sp³-hybridized carbons (Fsp3) is 0.538. The molecule has 1 aromatic rings. The molecule has 0 unspecified atom stereocenters. The van der Waals surface area contributed by atoms with E-state index in [0.29, 0.717) is 5.69 Å². The number of nitriles is 1. The van der Waals surface area contributed by atoms with E-state index in [2.05, 4.69) is 22.2 Å². The van der Waals surface area contributed by atoms with Gasteiger partial charge in [-0.05, 0) is 51.0 Å². The Bertz CT molecular complexity index is 385. The first-order valence-corrected chi connectivity index (χ1v) is 6.06. The van der Waals surface area contributed by atoms with Gasteiger partial charge < -0.3 is 10.2 Å². The molecular weight excluding hydrogens is 212 g/mol. The van der Waals surface area contributed by atoms with Crippen LogP contribution in [-0.4, -0.2) is 36.6 Å². The Balaban J connectivity index is 1.79. The Labute approximate surface area is 102 Å².